The fraction of sp³-hybridized carbons (Fsp3) is 0.478. The summed E-state index contributed by atoms with van der Waals surface area (Å²) in [6.07, 6.45) is 1.49. The smallest absolute Gasteiger partial charge is 0.249 e. The van der Waals surface area contributed by atoms with Gasteiger partial charge in [-0.05, 0) is 48.9 Å². The second kappa shape index (κ2) is 10.7. The van der Waals surface area contributed by atoms with Gasteiger partial charge >= 0.3 is 0 Å². The summed E-state index contributed by atoms with van der Waals surface area (Å²) in [5.41, 5.74) is 1.03. The normalized spacial score (nSPS) is 16.5. The van der Waals surface area contributed by atoms with Crippen molar-refractivity contribution in [3.05, 3.63) is 52.0 Å². The molecular formula is C23H29FN2O4S. The van der Waals surface area contributed by atoms with Gasteiger partial charge in [0.2, 0.25) is 11.8 Å². The fourth-order valence-corrected chi connectivity index (χ4v) is 4.69. The van der Waals surface area contributed by atoms with Crippen molar-refractivity contribution in [3.63, 3.8) is 0 Å². The van der Waals surface area contributed by atoms with Crippen LogP contribution in [-0.4, -0.2) is 61.1 Å². The molecule has 0 saturated carbocycles. The van der Waals surface area contributed by atoms with E-state index in [1.807, 2.05) is 25.3 Å². The average Bonchev–Trinajstić information content (AvgIpc) is 3.25. The summed E-state index contributed by atoms with van der Waals surface area (Å²) in [4.78, 5) is 30.4. The van der Waals surface area contributed by atoms with E-state index in [9.17, 15) is 14.0 Å². The fourth-order valence-electron chi connectivity index (χ4n) is 3.76. The predicted octanol–water partition coefficient (Wildman–Crippen LogP) is 3.67. The number of benzene rings is 1. The largest absolute Gasteiger partial charge is 0.488 e. The number of ether oxygens (including phenoxy) is 2. The molecule has 0 spiro atoms. The van der Waals surface area contributed by atoms with Crippen molar-refractivity contribution in [2.24, 2.45) is 0 Å². The maximum Gasteiger partial charge on any atom is 0.249 e. The number of amides is 2. The highest BCUT2D eigenvalue weighted by molar-refractivity contribution is 7.10. The Labute approximate surface area is 186 Å². The van der Waals surface area contributed by atoms with E-state index in [4.69, 9.17) is 9.47 Å². The van der Waals surface area contributed by atoms with Crippen LogP contribution in [0.5, 0.6) is 5.75 Å². The Bertz CT molecular complexity index is 903. The van der Waals surface area contributed by atoms with Gasteiger partial charge in [-0.25, -0.2) is 4.39 Å². The van der Waals surface area contributed by atoms with Gasteiger partial charge in [-0.15, -0.1) is 11.3 Å². The standard InChI is InChI=1S/C23H29FN2O4S/c1-4-16(2)26(23(28)15-29-3)13-22(27)25-11-9-21-17(10-12-31-21)19(25)14-30-20-8-6-5-7-18(20)24/h5-8,10,12,16,19H,4,9,11,13-15H2,1-3H3/t16-,19-/m0/s1. The van der Waals surface area contributed by atoms with Gasteiger partial charge in [0.15, 0.2) is 11.6 Å². The third kappa shape index (κ3) is 5.43. The van der Waals surface area contributed by atoms with Crippen LogP contribution in [0.3, 0.4) is 0 Å². The highest BCUT2D eigenvalue weighted by atomic mass is 32.1. The summed E-state index contributed by atoms with van der Waals surface area (Å²) in [5, 5.41) is 2.00. The topological polar surface area (TPSA) is 59.1 Å². The molecule has 6 nitrogen and oxygen atoms in total. The lowest BCUT2D eigenvalue weighted by Gasteiger charge is -2.38. The molecule has 0 radical (unpaired) electrons. The zero-order valence-corrected chi connectivity index (χ0v) is 19.0. The summed E-state index contributed by atoms with van der Waals surface area (Å²) in [6, 6.07) is 7.82. The van der Waals surface area contributed by atoms with Gasteiger partial charge < -0.3 is 19.3 Å². The van der Waals surface area contributed by atoms with Gasteiger partial charge in [0.1, 0.15) is 19.8 Å². The lowest BCUT2D eigenvalue weighted by molar-refractivity contribution is -0.146. The summed E-state index contributed by atoms with van der Waals surface area (Å²) < 4.78 is 24.8. The second-order valence-electron chi connectivity index (χ2n) is 7.61. The van der Waals surface area contributed by atoms with Gasteiger partial charge in [-0.3, -0.25) is 9.59 Å². The second-order valence-corrected chi connectivity index (χ2v) is 8.61. The van der Waals surface area contributed by atoms with E-state index in [0.29, 0.717) is 6.54 Å². The monoisotopic (exact) mass is 448 g/mol. The Kier molecular flexibility index (Phi) is 8.03. The molecule has 1 aliphatic heterocycles. The molecule has 3 rings (SSSR count). The third-order valence-corrected chi connectivity index (χ3v) is 6.66. The van der Waals surface area contributed by atoms with E-state index in [0.717, 1.165) is 18.4 Å². The molecule has 1 aromatic heterocycles. The zero-order chi connectivity index (χ0) is 22.4. The van der Waals surface area contributed by atoms with Crippen LogP contribution in [0.4, 0.5) is 4.39 Å². The van der Waals surface area contributed by atoms with Crippen molar-refractivity contribution >= 4 is 23.2 Å². The van der Waals surface area contributed by atoms with Crippen LogP contribution in [0, 0.1) is 5.82 Å². The predicted molar refractivity (Wildman–Crippen MR) is 118 cm³/mol. The highest BCUT2D eigenvalue weighted by Crippen LogP contribution is 2.34. The highest BCUT2D eigenvalue weighted by Gasteiger charge is 2.34. The van der Waals surface area contributed by atoms with E-state index < -0.39 is 5.82 Å². The number of thiophene rings is 1. The Morgan fingerprint density at radius 2 is 2.10 bits per heavy atom. The van der Waals surface area contributed by atoms with Crippen molar-refractivity contribution in [1.82, 2.24) is 9.80 Å². The number of carbonyl (C=O) groups excluding carboxylic acids is 2. The first-order valence-corrected chi connectivity index (χ1v) is 11.4. The van der Waals surface area contributed by atoms with E-state index in [1.54, 1.807) is 39.3 Å². The minimum absolute atomic E-state index is 0.0210. The van der Waals surface area contributed by atoms with Crippen molar-refractivity contribution in [2.45, 2.75) is 38.8 Å². The number of hydrogen-bond donors (Lipinski definition) is 0. The molecule has 0 aliphatic carbocycles. The van der Waals surface area contributed by atoms with E-state index >= 15 is 0 Å². The van der Waals surface area contributed by atoms with Gasteiger partial charge in [-0.1, -0.05) is 19.1 Å². The lowest BCUT2D eigenvalue weighted by Crippen LogP contribution is -2.50. The molecule has 2 amide bonds. The number of methoxy groups -OCH3 is 1. The number of nitrogens with zero attached hydrogens (tertiary/aromatic N) is 2. The van der Waals surface area contributed by atoms with Crippen LogP contribution in [-0.2, 0) is 20.7 Å². The van der Waals surface area contributed by atoms with Gasteiger partial charge in [-0.2, -0.15) is 0 Å². The van der Waals surface area contributed by atoms with E-state index in [2.05, 4.69) is 0 Å². The number of hydrogen-bond acceptors (Lipinski definition) is 5. The van der Waals surface area contributed by atoms with Crippen LogP contribution in [0.25, 0.3) is 0 Å². The van der Waals surface area contributed by atoms with Crippen LogP contribution in [0.1, 0.15) is 36.8 Å². The molecule has 168 valence electrons. The zero-order valence-electron chi connectivity index (χ0n) is 18.2. The molecule has 2 heterocycles. The Morgan fingerprint density at radius 3 is 2.81 bits per heavy atom. The summed E-state index contributed by atoms with van der Waals surface area (Å²) in [7, 11) is 1.47. The van der Waals surface area contributed by atoms with Crippen LogP contribution in [0.2, 0.25) is 0 Å². The van der Waals surface area contributed by atoms with E-state index in [1.165, 1.54) is 18.1 Å². The molecule has 0 saturated heterocycles. The molecule has 2 aromatic rings. The van der Waals surface area contributed by atoms with Crippen molar-refractivity contribution in [1.29, 1.82) is 0 Å². The minimum atomic E-state index is -0.435. The summed E-state index contributed by atoms with van der Waals surface area (Å²) >= 11 is 1.65. The van der Waals surface area contributed by atoms with E-state index in [-0.39, 0.29) is 49.4 Å². The van der Waals surface area contributed by atoms with Crippen molar-refractivity contribution in [2.75, 3.05) is 33.4 Å². The van der Waals surface area contributed by atoms with Crippen LogP contribution in [0.15, 0.2) is 35.7 Å². The first-order chi connectivity index (χ1) is 15.0. The average molecular weight is 449 g/mol. The third-order valence-electron chi connectivity index (χ3n) is 5.67. The maximum absolute atomic E-state index is 14.0. The van der Waals surface area contributed by atoms with Crippen molar-refractivity contribution in [3.8, 4) is 5.75 Å². The summed E-state index contributed by atoms with van der Waals surface area (Å²) in [5.74, 6) is -0.634. The molecule has 0 bridgehead atoms. The van der Waals surface area contributed by atoms with Gasteiger partial charge in [0.05, 0.1) is 6.04 Å². The van der Waals surface area contributed by atoms with Crippen LogP contribution >= 0.6 is 11.3 Å². The molecule has 31 heavy (non-hydrogen) atoms. The Hall–Kier alpha value is -2.45. The molecule has 2 atom stereocenters. The molecule has 8 heteroatoms. The number of halogens is 1. The lowest BCUT2D eigenvalue weighted by atomic mass is 10.00. The van der Waals surface area contributed by atoms with Crippen LogP contribution < -0.4 is 4.74 Å². The quantitative estimate of drug-likeness (QED) is 0.587. The maximum atomic E-state index is 14.0. The molecule has 0 unspecified atom stereocenters. The number of carbonyl (C=O) groups is 2. The first kappa shape index (κ1) is 23.2. The minimum Gasteiger partial charge on any atom is -0.488 e. The first-order valence-electron chi connectivity index (χ1n) is 10.5. The van der Waals surface area contributed by atoms with Gasteiger partial charge in [0, 0.05) is 24.6 Å². The van der Waals surface area contributed by atoms with Gasteiger partial charge in [0.25, 0.3) is 0 Å². The molecule has 1 aromatic carbocycles. The van der Waals surface area contributed by atoms with Crippen molar-refractivity contribution < 1.29 is 23.5 Å². The SMILES string of the molecule is CC[C@H](C)N(CC(=O)N1CCc2sccc2[C@@H]1COc1ccccc1F)C(=O)COC. The molecule has 0 fully saturated rings. The Balaban J connectivity index is 1.79. The number of para-hydroxylation sites is 1. The summed E-state index contributed by atoms with van der Waals surface area (Å²) in [6.45, 7) is 4.49. The number of rotatable bonds is 9. The molecular weight excluding hydrogens is 419 g/mol. The Morgan fingerprint density at radius 1 is 1.32 bits per heavy atom. The number of fused-ring (bicyclic) bond motifs is 1. The molecule has 1 aliphatic rings. The molecule has 0 N–H and O–H groups in total.